The molecule has 0 amide bonds. The van der Waals surface area contributed by atoms with Gasteiger partial charge in [0.05, 0.1) is 0 Å². The number of rotatable bonds is 2. The zero-order valence-corrected chi connectivity index (χ0v) is 9.14. The molecule has 84 valence electrons. The number of hydrogen-bond acceptors (Lipinski definition) is 3. The fraction of sp³-hybridized carbons (Fsp3) is 0.182. The van der Waals surface area contributed by atoms with Gasteiger partial charge in [-0.15, -0.1) is 0 Å². The third kappa shape index (κ3) is 2.17. The molecule has 0 bridgehead atoms. The molecule has 1 aliphatic rings. The summed E-state index contributed by atoms with van der Waals surface area (Å²) in [6.07, 6.45) is 0. The van der Waals surface area contributed by atoms with Crippen molar-refractivity contribution in [3.05, 3.63) is 46.5 Å². The van der Waals surface area contributed by atoms with Crippen molar-refractivity contribution in [2.45, 2.75) is 0 Å². The third-order valence-electron chi connectivity index (χ3n) is 2.25. The summed E-state index contributed by atoms with van der Waals surface area (Å²) in [4.78, 5) is 11.9. The quantitative estimate of drug-likeness (QED) is 0.610. The van der Waals surface area contributed by atoms with Crippen molar-refractivity contribution in [1.82, 2.24) is 10.6 Å². The van der Waals surface area contributed by atoms with Gasteiger partial charge in [-0.05, 0) is 24.3 Å². The second-order valence-corrected chi connectivity index (χ2v) is 3.76. The van der Waals surface area contributed by atoms with Crippen LogP contribution in [0, 0.1) is 5.82 Å². The van der Waals surface area contributed by atoms with Gasteiger partial charge in [0.2, 0.25) is 5.78 Å². The third-order valence-corrected chi connectivity index (χ3v) is 2.61. The summed E-state index contributed by atoms with van der Waals surface area (Å²) in [5, 5.41) is 6.02. The van der Waals surface area contributed by atoms with Crippen molar-refractivity contribution in [1.29, 1.82) is 0 Å². The van der Waals surface area contributed by atoms with E-state index < -0.39 is 0 Å². The largest absolute Gasteiger partial charge is 0.369 e. The van der Waals surface area contributed by atoms with E-state index in [0.29, 0.717) is 11.4 Å². The number of hydrogen-bond donors (Lipinski definition) is 2. The molecule has 1 fully saturated rings. The topological polar surface area (TPSA) is 41.1 Å². The second-order valence-electron chi connectivity index (χ2n) is 3.38. The van der Waals surface area contributed by atoms with Gasteiger partial charge in [-0.25, -0.2) is 4.39 Å². The Bertz CT molecular complexity index is 434. The Kier molecular flexibility index (Phi) is 3.10. The van der Waals surface area contributed by atoms with E-state index in [1.807, 2.05) is 0 Å². The number of Topliss-reactive ketones (excluding diaryl/α,β-unsaturated/α-hetero) is 1. The normalized spacial score (nSPS) is 14.2. The lowest BCUT2D eigenvalue weighted by molar-refractivity contribution is 0.104. The predicted octanol–water partition coefficient (Wildman–Crippen LogP) is 1.61. The van der Waals surface area contributed by atoms with Gasteiger partial charge >= 0.3 is 0 Å². The molecule has 0 spiro atoms. The van der Waals surface area contributed by atoms with Crippen molar-refractivity contribution in [2.75, 3.05) is 13.1 Å². The first kappa shape index (κ1) is 11.0. The Morgan fingerprint density at radius 2 is 1.75 bits per heavy atom. The molecule has 1 heterocycles. The van der Waals surface area contributed by atoms with Crippen molar-refractivity contribution in [3.8, 4) is 0 Å². The fourth-order valence-corrected chi connectivity index (χ4v) is 1.68. The fourth-order valence-electron chi connectivity index (χ4n) is 1.43. The maximum atomic E-state index is 12.7. The maximum absolute atomic E-state index is 12.7. The Morgan fingerprint density at radius 3 is 2.31 bits per heavy atom. The average Bonchev–Trinajstić information content (AvgIpc) is 2.81. The molecule has 5 heteroatoms. The number of allylic oxidation sites excluding steroid dienone is 1. The van der Waals surface area contributed by atoms with Crippen LogP contribution in [-0.4, -0.2) is 18.9 Å². The number of benzene rings is 1. The number of carbonyl (C=O) groups is 1. The van der Waals surface area contributed by atoms with Crippen molar-refractivity contribution >= 4 is 17.4 Å². The van der Waals surface area contributed by atoms with Crippen LogP contribution in [0.5, 0.6) is 0 Å². The summed E-state index contributed by atoms with van der Waals surface area (Å²) in [7, 11) is 0. The number of halogens is 2. The highest BCUT2D eigenvalue weighted by Gasteiger charge is 2.17. The zero-order chi connectivity index (χ0) is 11.5. The smallest absolute Gasteiger partial charge is 0.208 e. The lowest BCUT2D eigenvalue weighted by atomic mass is 10.1. The van der Waals surface area contributed by atoms with Gasteiger partial charge in [-0.1, -0.05) is 11.6 Å². The summed E-state index contributed by atoms with van der Waals surface area (Å²) in [6, 6.07) is 5.29. The minimum Gasteiger partial charge on any atom is -0.369 e. The zero-order valence-electron chi connectivity index (χ0n) is 8.39. The van der Waals surface area contributed by atoms with Crippen LogP contribution >= 0.6 is 11.6 Å². The van der Waals surface area contributed by atoms with E-state index in [4.69, 9.17) is 11.6 Å². The highest BCUT2D eigenvalue weighted by molar-refractivity contribution is 6.45. The minimum absolute atomic E-state index is 0.101. The molecule has 0 atom stereocenters. The first-order chi connectivity index (χ1) is 7.68. The molecule has 1 aromatic rings. The molecule has 3 nitrogen and oxygen atoms in total. The molecule has 1 aromatic carbocycles. The summed E-state index contributed by atoms with van der Waals surface area (Å²) in [5.41, 5.74) is 0.370. The minimum atomic E-state index is -0.377. The molecule has 1 aliphatic heterocycles. The van der Waals surface area contributed by atoms with E-state index in [1.165, 1.54) is 24.3 Å². The van der Waals surface area contributed by atoms with Crippen LogP contribution in [0.4, 0.5) is 4.39 Å². The SMILES string of the molecule is O=C(C(Cl)=C1NCCN1)c1ccc(F)cc1. The number of carbonyl (C=O) groups excluding carboxylic acids is 1. The lowest BCUT2D eigenvalue weighted by Gasteiger charge is -2.04. The summed E-state index contributed by atoms with van der Waals surface area (Å²) >= 11 is 5.92. The Labute approximate surface area is 97.3 Å². The van der Waals surface area contributed by atoms with Gasteiger partial charge in [0, 0.05) is 18.7 Å². The van der Waals surface area contributed by atoms with Crippen LogP contribution in [0.3, 0.4) is 0 Å². The first-order valence-corrected chi connectivity index (χ1v) is 5.24. The van der Waals surface area contributed by atoms with Crippen LogP contribution < -0.4 is 10.6 Å². The lowest BCUT2D eigenvalue weighted by Crippen LogP contribution is -2.16. The van der Waals surface area contributed by atoms with Crippen molar-refractivity contribution < 1.29 is 9.18 Å². The van der Waals surface area contributed by atoms with E-state index in [-0.39, 0.29) is 16.6 Å². The summed E-state index contributed by atoms with van der Waals surface area (Å²) < 4.78 is 12.7. The highest BCUT2D eigenvalue weighted by atomic mass is 35.5. The Morgan fingerprint density at radius 1 is 1.19 bits per heavy atom. The number of nitrogens with one attached hydrogen (secondary N) is 2. The van der Waals surface area contributed by atoms with Crippen LogP contribution in [-0.2, 0) is 0 Å². The van der Waals surface area contributed by atoms with Crippen LogP contribution in [0.1, 0.15) is 10.4 Å². The van der Waals surface area contributed by atoms with E-state index >= 15 is 0 Å². The highest BCUT2D eigenvalue weighted by Crippen LogP contribution is 2.15. The van der Waals surface area contributed by atoms with Crippen LogP contribution in [0.15, 0.2) is 35.1 Å². The van der Waals surface area contributed by atoms with E-state index in [9.17, 15) is 9.18 Å². The van der Waals surface area contributed by atoms with Gasteiger partial charge in [0.25, 0.3) is 0 Å². The standard InChI is InChI=1S/C11H10ClFN2O/c12-9(11-14-5-6-15-11)10(16)7-1-3-8(13)4-2-7/h1-4,14-15H,5-6H2. The van der Waals surface area contributed by atoms with Crippen molar-refractivity contribution in [2.24, 2.45) is 0 Å². The van der Waals surface area contributed by atoms with E-state index in [0.717, 1.165) is 13.1 Å². The molecule has 2 N–H and O–H groups in total. The molecular formula is C11H10ClFN2O. The molecule has 0 aliphatic carbocycles. The molecule has 16 heavy (non-hydrogen) atoms. The molecule has 2 rings (SSSR count). The van der Waals surface area contributed by atoms with Gasteiger partial charge in [0.1, 0.15) is 16.7 Å². The molecule has 0 unspecified atom stereocenters. The maximum Gasteiger partial charge on any atom is 0.208 e. The Balaban J connectivity index is 2.25. The molecule has 0 saturated carbocycles. The molecule has 0 radical (unpaired) electrons. The van der Waals surface area contributed by atoms with Gasteiger partial charge in [-0.2, -0.15) is 0 Å². The number of ketones is 1. The van der Waals surface area contributed by atoms with Gasteiger partial charge in [0.15, 0.2) is 0 Å². The van der Waals surface area contributed by atoms with Gasteiger partial charge in [-0.3, -0.25) is 4.79 Å². The average molecular weight is 241 g/mol. The molecule has 1 saturated heterocycles. The van der Waals surface area contributed by atoms with Crippen LogP contribution in [0.25, 0.3) is 0 Å². The van der Waals surface area contributed by atoms with Crippen molar-refractivity contribution in [3.63, 3.8) is 0 Å². The Hall–Kier alpha value is -1.55. The molecule has 0 aromatic heterocycles. The van der Waals surface area contributed by atoms with Gasteiger partial charge < -0.3 is 10.6 Å². The van der Waals surface area contributed by atoms with E-state index in [2.05, 4.69) is 10.6 Å². The summed E-state index contributed by atoms with van der Waals surface area (Å²) in [6.45, 7) is 1.48. The molecular weight excluding hydrogens is 231 g/mol. The van der Waals surface area contributed by atoms with E-state index in [1.54, 1.807) is 0 Å². The van der Waals surface area contributed by atoms with Crippen LogP contribution in [0.2, 0.25) is 0 Å². The first-order valence-electron chi connectivity index (χ1n) is 4.86. The second kappa shape index (κ2) is 4.53. The monoisotopic (exact) mass is 240 g/mol. The summed E-state index contributed by atoms with van der Waals surface area (Å²) in [5.74, 6) is -0.160. The predicted molar refractivity (Wildman–Crippen MR) is 59.6 cm³/mol.